The number of methoxy groups -OCH3 is 1. The van der Waals surface area contributed by atoms with Gasteiger partial charge in [0.05, 0.1) is 29.8 Å². The zero-order valence-electron chi connectivity index (χ0n) is 19.6. The number of carbonyl (C=O) groups is 1. The van der Waals surface area contributed by atoms with Crippen molar-refractivity contribution in [2.24, 2.45) is 7.05 Å². The summed E-state index contributed by atoms with van der Waals surface area (Å²) in [5.41, 5.74) is 4.09. The Bertz CT molecular complexity index is 1170. The molecular formula is C24H31ClN4O4. The van der Waals surface area contributed by atoms with Gasteiger partial charge in [-0.1, -0.05) is 13.0 Å². The number of nitrogens with one attached hydrogen (secondary N) is 1. The lowest BCUT2D eigenvalue weighted by atomic mass is 10.1. The van der Waals surface area contributed by atoms with E-state index >= 15 is 0 Å². The predicted octanol–water partition coefficient (Wildman–Crippen LogP) is 2.91. The minimum Gasteiger partial charge on any atom is -0.391 e. The SMILES string of the molecule is CCC(COC)n1c(-c2cc(C)c(=O)n(C)c2)nc2cc(CN[C@H](C(=O)Cl)[C@@H](C)O)ccc21. The van der Waals surface area contributed by atoms with Crippen molar-refractivity contribution in [3.05, 3.63) is 51.9 Å². The average Bonchev–Trinajstić information content (AvgIpc) is 3.13. The van der Waals surface area contributed by atoms with Crippen molar-refractivity contribution in [2.45, 2.75) is 51.9 Å². The molecule has 33 heavy (non-hydrogen) atoms. The number of ether oxygens (including phenoxy) is 1. The van der Waals surface area contributed by atoms with Gasteiger partial charge in [0.1, 0.15) is 11.9 Å². The van der Waals surface area contributed by atoms with Gasteiger partial charge in [0.2, 0.25) is 5.24 Å². The maximum atomic E-state index is 12.2. The number of hydrogen-bond acceptors (Lipinski definition) is 6. The maximum absolute atomic E-state index is 12.2. The number of fused-ring (bicyclic) bond motifs is 1. The molecule has 2 N–H and O–H groups in total. The van der Waals surface area contributed by atoms with Crippen LogP contribution in [0.25, 0.3) is 22.4 Å². The molecule has 8 nitrogen and oxygen atoms in total. The van der Waals surface area contributed by atoms with Crippen molar-refractivity contribution in [3.8, 4) is 11.4 Å². The smallest absolute Gasteiger partial charge is 0.253 e. The molecule has 0 spiro atoms. The molecule has 178 valence electrons. The van der Waals surface area contributed by atoms with Gasteiger partial charge in [-0.15, -0.1) is 0 Å². The zero-order chi connectivity index (χ0) is 24.3. The highest BCUT2D eigenvalue weighted by molar-refractivity contribution is 6.64. The highest BCUT2D eigenvalue weighted by Gasteiger charge is 2.23. The molecule has 0 aliphatic carbocycles. The first-order valence-corrected chi connectivity index (χ1v) is 11.3. The molecule has 3 atom stereocenters. The summed E-state index contributed by atoms with van der Waals surface area (Å²) in [5, 5.41) is 12.2. The number of rotatable bonds is 10. The van der Waals surface area contributed by atoms with Crippen LogP contribution in [0.5, 0.6) is 0 Å². The van der Waals surface area contributed by atoms with E-state index in [0.29, 0.717) is 18.7 Å². The highest BCUT2D eigenvalue weighted by atomic mass is 35.5. The topological polar surface area (TPSA) is 98.4 Å². The fourth-order valence-electron chi connectivity index (χ4n) is 4.06. The van der Waals surface area contributed by atoms with E-state index in [4.69, 9.17) is 21.3 Å². The number of aromatic nitrogens is 3. The van der Waals surface area contributed by atoms with Gasteiger partial charge in [-0.3, -0.25) is 9.59 Å². The number of hydrogen-bond donors (Lipinski definition) is 2. The fourth-order valence-corrected chi connectivity index (χ4v) is 4.32. The van der Waals surface area contributed by atoms with E-state index in [9.17, 15) is 14.7 Å². The van der Waals surface area contributed by atoms with Crippen LogP contribution in [0.1, 0.15) is 37.4 Å². The minimum absolute atomic E-state index is 0.0415. The Hall–Kier alpha value is -2.52. The Labute approximate surface area is 198 Å². The van der Waals surface area contributed by atoms with Crippen LogP contribution in [0.2, 0.25) is 0 Å². The zero-order valence-corrected chi connectivity index (χ0v) is 20.4. The van der Waals surface area contributed by atoms with Gasteiger partial charge in [-0.05, 0) is 55.6 Å². The lowest BCUT2D eigenvalue weighted by molar-refractivity contribution is -0.115. The second-order valence-electron chi connectivity index (χ2n) is 8.38. The molecule has 2 heterocycles. The van der Waals surface area contributed by atoms with Crippen LogP contribution in [0.15, 0.2) is 35.3 Å². The van der Waals surface area contributed by atoms with E-state index in [2.05, 4.69) is 16.8 Å². The molecular weight excluding hydrogens is 444 g/mol. The molecule has 0 fully saturated rings. The quantitative estimate of drug-likeness (QED) is 0.438. The Morgan fingerprint density at radius 1 is 1.33 bits per heavy atom. The van der Waals surface area contributed by atoms with Gasteiger partial charge < -0.3 is 24.3 Å². The first-order valence-electron chi connectivity index (χ1n) is 11.0. The van der Waals surface area contributed by atoms with Crippen LogP contribution in [-0.4, -0.2) is 50.3 Å². The van der Waals surface area contributed by atoms with E-state index in [1.165, 1.54) is 6.92 Å². The first kappa shape index (κ1) is 25.1. The lowest BCUT2D eigenvalue weighted by Gasteiger charge is -2.20. The summed E-state index contributed by atoms with van der Waals surface area (Å²) in [6.07, 6.45) is 1.74. The average molecular weight is 475 g/mol. The molecule has 3 aromatic rings. The summed E-state index contributed by atoms with van der Waals surface area (Å²) < 4.78 is 9.21. The molecule has 0 aliphatic rings. The van der Waals surface area contributed by atoms with Gasteiger partial charge in [0.25, 0.3) is 5.56 Å². The second kappa shape index (κ2) is 10.6. The van der Waals surface area contributed by atoms with Gasteiger partial charge in [0, 0.05) is 38.0 Å². The first-order chi connectivity index (χ1) is 15.7. The number of halogens is 1. The van der Waals surface area contributed by atoms with Crippen LogP contribution < -0.4 is 10.9 Å². The van der Waals surface area contributed by atoms with E-state index in [1.54, 1.807) is 31.8 Å². The summed E-state index contributed by atoms with van der Waals surface area (Å²) in [5.74, 6) is 0.760. The molecule has 1 aromatic carbocycles. The summed E-state index contributed by atoms with van der Waals surface area (Å²) in [7, 11) is 3.41. The lowest BCUT2D eigenvalue weighted by Crippen LogP contribution is -2.42. The number of benzene rings is 1. The molecule has 0 saturated carbocycles. The van der Waals surface area contributed by atoms with Crippen molar-refractivity contribution >= 4 is 27.9 Å². The second-order valence-corrected chi connectivity index (χ2v) is 8.75. The van der Waals surface area contributed by atoms with Crippen LogP contribution in [0, 0.1) is 6.92 Å². The maximum Gasteiger partial charge on any atom is 0.253 e. The van der Waals surface area contributed by atoms with Crippen molar-refractivity contribution in [1.82, 2.24) is 19.4 Å². The molecule has 1 unspecified atom stereocenters. The van der Waals surface area contributed by atoms with Crippen LogP contribution in [0.3, 0.4) is 0 Å². The summed E-state index contributed by atoms with van der Waals surface area (Å²) >= 11 is 5.60. The monoisotopic (exact) mass is 474 g/mol. The molecule has 0 saturated heterocycles. The van der Waals surface area contributed by atoms with Crippen LogP contribution in [-0.2, 0) is 23.1 Å². The number of carbonyl (C=O) groups excluding carboxylic acids is 1. The number of pyridine rings is 1. The Morgan fingerprint density at radius 2 is 2.06 bits per heavy atom. The number of imidazole rings is 1. The van der Waals surface area contributed by atoms with Gasteiger partial charge in [-0.2, -0.15) is 0 Å². The van der Waals surface area contributed by atoms with Gasteiger partial charge in [-0.25, -0.2) is 4.98 Å². The number of aliphatic hydroxyl groups excluding tert-OH is 1. The Morgan fingerprint density at radius 3 is 2.64 bits per heavy atom. The third-order valence-electron chi connectivity index (χ3n) is 5.82. The highest BCUT2D eigenvalue weighted by Crippen LogP contribution is 2.30. The largest absolute Gasteiger partial charge is 0.391 e. The molecule has 0 aliphatic heterocycles. The summed E-state index contributed by atoms with van der Waals surface area (Å²) in [4.78, 5) is 28.7. The van der Waals surface area contributed by atoms with Gasteiger partial charge >= 0.3 is 0 Å². The standard InChI is InChI=1S/C24H31ClN4O4/c1-6-18(13-33-5)29-20-8-7-16(11-26-21(15(3)30)22(25)31)10-19(20)27-23(29)17-9-14(2)24(32)28(4)12-17/h7-10,12,15,18,21,26,30H,6,11,13H2,1-5H3/t15-,18?,21+/m1/s1. The minimum atomic E-state index is -0.906. The normalized spacial score (nSPS) is 14.4. The molecule has 0 amide bonds. The molecule has 2 aromatic heterocycles. The Balaban J connectivity index is 2.10. The molecule has 3 rings (SSSR count). The van der Waals surface area contributed by atoms with Gasteiger partial charge in [0.15, 0.2) is 0 Å². The molecule has 0 bridgehead atoms. The van der Waals surface area contributed by atoms with Crippen molar-refractivity contribution < 1.29 is 14.6 Å². The third-order valence-corrected chi connectivity index (χ3v) is 6.06. The van der Waals surface area contributed by atoms with E-state index in [-0.39, 0.29) is 11.6 Å². The van der Waals surface area contributed by atoms with Crippen molar-refractivity contribution in [3.63, 3.8) is 0 Å². The summed E-state index contributed by atoms with van der Waals surface area (Å²) in [6.45, 7) is 6.29. The Kier molecular flexibility index (Phi) is 8.07. The van der Waals surface area contributed by atoms with Crippen molar-refractivity contribution in [1.29, 1.82) is 0 Å². The summed E-state index contributed by atoms with van der Waals surface area (Å²) in [6, 6.07) is 6.98. The molecule has 9 heteroatoms. The number of aryl methyl sites for hydroxylation is 2. The van der Waals surface area contributed by atoms with Crippen LogP contribution in [0.4, 0.5) is 0 Å². The van der Waals surface area contributed by atoms with E-state index in [0.717, 1.165) is 34.4 Å². The number of nitrogens with zero attached hydrogens (tertiary/aromatic N) is 3. The van der Waals surface area contributed by atoms with Crippen molar-refractivity contribution in [2.75, 3.05) is 13.7 Å². The number of aliphatic hydroxyl groups is 1. The fraction of sp³-hybridized carbons (Fsp3) is 0.458. The molecule has 0 radical (unpaired) electrons. The van der Waals surface area contributed by atoms with Crippen LogP contribution >= 0.6 is 11.6 Å². The third kappa shape index (κ3) is 5.35. The predicted molar refractivity (Wildman–Crippen MR) is 130 cm³/mol. The van der Waals surface area contributed by atoms with E-state index in [1.807, 2.05) is 24.3 Å². The van der Waals surface area contributed by atoms with E-state index < -0.39 is 17.4 Å².